The van der Waals surface area contributed by atoms with E-state index in [0.717, 1.165) is 4.68 Å². The lowest BCUT2D eigenvalue weighted by molar-refractivity contribution is -0.182. The molecular formula is C11H10F3N5. The maximum atomic E-state index is 13.1. The van der Waals surface area contributed by atoms with E-state index in [9.17, 15) is 13.2 Å². The lowest BCUT2D eigenvalue weighted by atomic mass is 10.1. The number of hydrogen-bond donors (Lipinski definition) is 1. The molecule has 2 N–H and O–H groups in total. The predicted octanol–water partition coefficient (Wildman–Crippen LogP) is 1.97. The summed E-state index contributed by atoms with van der Waals surface area (Å²) < 4.78 is 40.1. The average Bonchev–Trinajstić information content (AvgIpc) is 3.01. The molecule has 100 valence electrons. The molecule has 19 heavy (non-hydrogen) atoms. The van der Waals surface area contributed by atoms with Crippen LogP contribution in [0.5, 0.6) is 0 Å². The molecule has 1 aliphatic rings. The van der Waals surface area contributed by atoms with Gasteiger partial charge in [-0.1, -0.05) is 12.1 Å². The maximum absolute atomic E-state index is 13.1. The summed E-state index contributed by atoms with van der Waals surface area (Å²) in [5.41, 5.74) is 4.58. The SMILES string of the molecule is Nc1cccc(-c2nnnn2C2(C(F)(F)F)CC2)c1. The van der Waals surface area contributed by atoms with Gasteiger partial charge < -0.3 is 5.73 Å². The van der Waals surface area contributed by atoms with Crippen LogP contribution in [0.15, 0.2) is 24.3 Å². The first-order valence-corrected chi connectivity index (χ1v) is 5.65. The van der Waals surface area contributed by atoms with Crippen molar-refractivity contribution in [3.8, 4) is 11.4 Å². The van der Waals surface area contributed by atoms with Gasteiger partial charge in [-0.25, -0.2) is 4.68 Å². The fraction of sp³-hybridized carbons (Fsp3) is 0.364. The highest BCUT2D eigenvalue weighted by Gasteiger charge is 2.66. The van der Waals surface area contributed by atoms with Gasteiger partial charge >= 0.3 is 6.18 Å². The normalized spacial score (nSPS) is 17.4. The van der Waals surface area contributed by atoms with E-state index in [1.165, 1.54) is 0 Å². The lowest BCUT2D eigenvalue weighted by Gasteiger charge is -2.20. The first-order chi connectivity index (χ1) is 8.94. The Morgan fingerprint density at radius 1 is 1.26 bits per heavy atom. The molecule has 2 aromatic rings. The Morgan fingerprint density at radius 2 is 2.00 bits per heavy atom. The highest BCUT2D eigenvalue weighted by Crippen LogP contribution is 2.55. The van der Waals surface area contributed by atoms with Gasteiger partial charge in [-0.15, -0.1) is 5.10 Å². The summed E-state index contributed by atoms with van der Waals surface area (Å²) in [5, 5.41) is 10.6. The molecule has 8 heteroatoms. The number of alkyl halides is 3. The summed E-state index contributed by atoms with van der Waals surface area (Å²) in [5.74, 6) is 0.0853. The van der Waals surface area contributed by atoms with Gasteiger partial charge in [0.15, 0.2) is 11.4 Å². The zero-order valence-electron chi connectivity index (χ0n) is 9.72. The Balaban J connectivity index is 2.10. The molecule has 0 spiro atoms. The Bertz CT molecular complexity index is 615. The zero-order chi connectivity index (χ0) is 13.7. The smallest absolute Gasteiger partial charge is 0.399 e. The van der Waals surface area contributed by atoms with Gasteiger partial charge in [-0.3, -0.25) is 0 Å². The van der Waals surface area contributed by atoms with E-state index < -0.39 is 11.7 Å². The predicted molar refractivity (Wildman–Crippen MR) is 60.9 cm³/mol. The van der Waals surface area contributed by atoms with Crippen molar-refractivity contribution in [3.63, 3.8) is 0 Å². The third-order valence-electron chi connectivity index (χ3n) is 3.27. The number of rotatable bonds is 2. The van der Waals surface area contributed by atoms with Gasteiger partial charge in [0.25, 0.3) is 0 Å². The summed E-state index contributed by atoms with van der Waals surface area (Å²) in [6.07, 6.45) is -4.37. The number of nitrogen functional groups attached to an aromatic ring is 1. The van der Waals surface area contributed by atoms with Crippen LogP contribution in [0.2, 0.25) is 0 Å². The van der Waals surface area contributed by atoms with E-state index in [2.05, 4.69) is 15.5 Å². The standard InChI is InChI=1S/C11H10F3N5/c12-11(13,14)10(4-5-10)19-9(16-17-18-19)7-2-1-3-8(15)6-7/h1-3,6H,4-5,15H2. The van der Waals surface area contributed by atoms with Crippen LogP contribution in [0, 0.1) is 0 Å². The van der Waals surface area contributed by atoms with Crippen LogP contribution in [0.4, 0.5) is 18.9 Å². The van der Waals surface area contributed by atoms with Gasteiger partial charge in [0.05, 0.1) is 0 Å². The fourth-order valence-corrected chi connectivity index (χ4v) is 2.07. The minimum atomic E-state index is -4.36. The van der Waals surface area contributed by atoms with Crippen LogP contribution in [0.1, 0.15) is 12.8 Å². The summed E-state index contributed by atoms with van der Waals surface area (Å²) in [6, 6.07) is 6.48. The highest BCUT2D eigenvalue weighted by molar-refractivity contribution is 5.61. The van der Waals surface area contributed by atoms with E-state index in [0.29, 0.717) is 11.3 Å². The molecule has 0 unspecified atom stereocenters. The van der Waals surface area contributed by atoms with Gasteiger partial charge in [0, 0.05) is 11.3 Å². The molecule has 1 aromatic carbocycles. The summed E-state index contributed by atoms with van der Waals surface area (Å²) in [7, 11) is 0. The highest BCUT2D eigenvalue weighted by atomic mass is 19.4. The zero-order valence-corrected chi connectivity index (χ0v) is 9.72. The number of anilines is 1. The van der Waals surface area contributed by atoms with E-state index >= 15 is 0 Å². The average molecular weight is 269 g/mol. The van der Waals surface area contributed by atoms with Crippen molar-refractivity contribution in [2.24, 2.45) is 0 Å². The van der Waals surface area contributed by atoms with Crippen molar-refractivity contribution in [3.05, 3.63) is 24.3 Å². The molecule has 1 heterocycles. The largest absolute Gasteiger partial charge is 0.413 e. The Hall–Kier alpha value is -2.12. The van der Waals surface area contributed by atoms with Crippen LogP contribution in [0.3, 0.4) is 0 Å². The number of halogens is 3. The minimum absolute atomic E-state index is 0.00312. The maximum Gasteiger partial charge on any atom is 0.413 e. The van der Waals surface area contributed by atoms with Crippen molar-refractivity contribution in [1.82, 2.24) is 20.2 Å². The quantitative estimate of drug-likeness (QED) is 0.846. The lowest BCUT2D eigenvalue weighted by Crippen LogP contribution is -2.36. The first kappa shape index (κ1) is 11.9. The van der Waals surface area contributed by atoms with Crippen LogP contribution in [-0.4, -0.2) is 26.4 Å². The van der Waals surface area contributed by atoms with Crippen molar-refractivity contribution < 1.29 is 13.2 Å². The third kappa shape index (κ3) is 1.74. The number of hydrogen-bond acceptors (Lipinski definition) is 4. The number of tetrazole rings is 1. The second-order valence-corrected chi connectivity index (χ2v) is 4.57. The monoisotopic (exact) mass is 269 g/mol. The van der Waals surface area contributed by atoms with Crippen LogP contribution in [-0.2, 0) is 5.54 Å². The van der Waals surface area contributed by atoms with Crippen molar-refractivity contribution in [1.29, 1.82) is 0 Å². The van der Waals surface area contributed by atoms with E-state index in [-0.39, 0.29) is 18.7 Å². The number of nitrogens with two attached hydrogens (primary N) is 1. The Kier molecular flexibility index (Phi) is 2.32. The van der Waals surface area contributed by atoms with Gasteiger partial charge in [-0.2, -0.15) is 13.2 Å². The molecule has 1 fully saturated rings. The second-order valence-electron chi connectivity index (χ2n) is 4.57. The number of nitrogens with zero attached hydrogens (tertiary/aromatic N) is 4. The molecule has 0 saturated heterocycles. The summed E-state index contributed by atoms with van der Waals surface area (Å²) in [6.45, 7) is 0. The number of benzene rings is 1. The first-order valence-electron chi connectivity index (χ1n) is 5.65. The van der Waals surface area contributed by atoms with Crippen LogP contribution >= 0.6 is 0 Å². The Morgan fingerprint density at radius 3 is 2.58 bits per heavy atom. The third-order valence-corrected chi connectivity index (χ3v) is 3.27. The molecule has 5 nitrogen and oxygen atoms in total. The second kappa shape index (κ2) is 3.69. The Labute approximate surface area is 106 Å². The molecule has 1 saturated carbocycles. The topological polar surface area (TPSA) is 69.6 Å². The minimum Gasteiger partial charge on any atom is -0.399 e. The molecule has 3 rings (SSSR count). The van der Waals surface area contributed by atoms with Gasteiger partial charge in [0.1, 0.15) is 0 Å². The molecule has 1 aromatic heterocycles. The van der Waals surface area contributed by atoms with Crippen LogP contribution < -0.4 is 5.73 Å². The van der Waals surface area contributed by atoms with E-state index in [1.54, 1.807) is 24.3 Å². The molecule has 0 amide bonds. The molecule has 0 radical (unpaired) electrons. The molecule has 0 bridgehead atoms. The fourth-order valence-electron chi connectivity index (χ4n) is 2.07. The van der Waals surface area contributed by atoms with Gasteiger partial charge in [0.2, 0.25) is 0 Å². The molecule has 0 atom stereocenters. The van der Waals surface area contributed by atoms with E-state index in [1.807, 2.05) is 0 Å². The van der Waals surface area contributed by atoms with Gasteiger partial charge in [-0.05, 0) is 35.4 Å². The van der Waals surface area contributed by atoms with Crippen molar-refractivity contribution >= 4 is 5.69 Å². The summed E-state index contributed by atoms with van der Waals surface area (Å²) >= 11 is 0. The van der Waals surface area contributed by atoms with E-state index in [4.69, 9.17) is 5.73 Å². The van der Waals surface area contributed by atoms with Crippen LogP contribution in [0.25, 0.3) is 11.4 Å². The number of aromatic nitrogens is 4. The molecule has 0 aliphatic heterocycles. The molecular weight excluding hydrogens is 259 g/mol. The van der Waals surface area contributed by atoms with Crippen molar-refractivity contribution in [2.75, 3.05) is 5.73 Å². The summed E-state index contributed by atoms with van der Waals surface area (Å²) in [4.78, 5) is 0. The van der Waals surface area contributed by atoms with Crippen molar-refractivity contribution in [2.45, 2.75) is 24.6 Å². The molecule has 1 aliphatic carbocycles.